The van der Waals surface area contributed by atoms with E-state index >= 15 is 0 Å². The molecule has 1 aromatic carbocycles. The number of nitrogens with one attached hydrogen (secondary N) is 2. The molecule has 0 aliphatic carbocycles. The third-order valence-corrected chi connectivity index (χ3v) is 4.21. The van der Waals surface area contributed by atoms with Crippen molar-refractivity contribution < 1.29 is 14.7 Å². The Balaban J connectivity index is 2.57. The number of carbonyl (C=O) groups excluding carboxylic acids is 1. The average molecular weight is 378 g/mol. The molecule has 0 aromatic heterocycles. The van der Waals surface area contributed by atoms with Crippen molar-refractivity contribution in [2.24, 2.45) is 11.8 Å². The van der Waals surface area contributed by atoms with Crippen LogP contribution in [0.5, 0.6) is 0 Å². The summed E-state index contributed by atoms with van der Waals surface area (Å²) < 4.78 is 0.582. The van der Waals surface area contributed by atoms with Crippen LogP contribution in [0.4, 0.5) is 10.5 Å². The number of halogens is 2. The quantitative estimate of drug-likeness (QED) is 0.702. The predicted molar refractivity (Wildman–Crippen MR) is 86.8 cm³/mol. The summed E-state index contributed by atoms with van der Waals surface area (Å²) in [6.07, 6.45) is 0.510. The molecule has 5 nitrogen and oxygen atoms in total. The molecule has 7 heteroatoms. The lowest BCUT2D eigenvalue weighted by Gasteiger charge is -2.16. The van der Waals surface area contributed by atoms with E-state index in [1.165, 1.54) is 0 Å². The number of hydrogen-bond donors (Lipinski definition) is 3. The van der Waals surface area contributed by atoms with Gasteiger partial charge >= 0.3 is 12.0 Å². The molecule has 1 aromatic rings. The van der Waals surface area contributed by atoms with E-state index in [9.17, 15) is 9.59 Å². The Labute approximate surface area is 137 Å². The minimum absolute atomic E-state index is 0.0809. The molecular weight excluding hydrogens is 360 g/mol. The maximum Gasteiger partial charge on any atom is 0.319 e. The first-order valence-electron chi connectivity index (χ1n) is 6.53. The minimum atomic E-state index is -0.909. The van der Waals surface area contributed by atoms with Crippen LogP contribution in [-0.2, 0) is 4.79 Å². The number of rotatable bonds is 6. The van der Waals surface area contributed by atoms with Crippen LogP contribution in [0.25, 0.3) is 0 Å². The van der Waals surface area contributed by atoms with Gasteiger partial charge in [0.05, 0.1) is 21.1 Å². The van der Waals surface area contributed by atoms with Gasteiger partial charge in [-0.2, -0.15) is 0 Å². The smallest absolute Gasteiger partial charge is 0.319 e. The number of anilines is 1. The zero-order chi connectivity index (χ0) is 16.0. The van der Waals surface area contributed by atoms with Crippen LogP contribution in [0.3, 0.4) is 0 Å². The van der Waals surface area contributed by atoms with Gasteiger partial charge in [0.2, 0.25) is 0 Å². The molecule has 0 saturated heterocycles. The van der Waals surface area contributed by atoms with Crippen LogP contribution in [0, 0.1) is 11.8 Å². The van der Waals surface area contributed by atoms with Crippen molar-refractivity contribution in [3.05, 3.63) is 27.7 Å². The van der Waals surface area contributed by atoms with Crippen molar-refractivity contribution in [1.29, 1.82) is 0 Å². The molecule has 0 radical (unpaired) electrons. The second kappa shape index (κ2) is 8.24. The summed E-state index contributed by atoms with van der Waals surface area (Å²) in [5, 5.41) is 14.8. The van der Waals surface area contributed by atoms with Gasteiger partial charge < -0.3 is 15.7 Å². The summed E-state index contributed by atoms with van der Waals surface area (Å²) >= 11 is 9.20. The Hall–Kier alpha value is -1.27. The lowest BCUT2D eigenvalue weighted by atomic mass is 9.97. The molecule has 0 spiro atoms. The molecule has 2 amide bonds. The molecule has 1 rings (SSSR count). The second-order valence-electron chi connectivity index (χ2n) is 5.10. The van der Waals surface area contributed by atoms with Crippen molar-refractivity contribution in [3.8, 4) is 0 Å². The zero-order valence-corrected chi connectivity index (χ0v) is 14.2. The summed E-state index contributed by atoms with van der Waals surface area (Å²) in [6.45, 7) is 3.97. The predicted octanol–water partition coefficient (Wildman–Crippen LogP) is 3.97. The number of carboxylic acids is 1. The number of carbonyl (C=O) groups is 2. The molecule has 21 heavy (non-hydrogen) atoms. The van der Waals surface area contributed by atoms with Crippen molar-refractivity contribution in [1.82, 2.24) is 5.32 Å². The number of aliphatic carboxylic acids is 1. The molecule has 0 aliphatic rings. The van der Waals surface area contributed by atoms with Gasteiger partial charge in [0.25, 0.3) is 0 Å². The summed E-state index contributed by atoms with van der Waals surface area (Å²) in [6, 6.07) is 4.63. The molecule has 0 bridgehead atoms. The van der Waals surface area contributed by atoms with Crippen LogP contribution >= 0.6 is 27.5 Å². The largest absolute Gasteiger partial charge is 0.481 e. The van der Waals surface area contributed by atoms with Crippen LogP contribution in [-0.4, -0.2) is 23.7 Å². The third kappa shape index (κ3) is 5.93. The van der Waals surface area contributed by atoms with E-state index in [0.717, 1.165) is 0 Å². The fourth-order valence-electron chi connectivity index (χ4n) is 1.82. The van der Waals surface area contributed by atoms with Crippen LogP contribution in [0.1, 0.15) is 20.3 Å². The average Bonchev–Trinajstić information content (AvgIpc) is 2.39. The van der Waals surface area contributed by atoms with E-state index in [1.54, 1.807) is 18.2 Å². The molecule has 3 N–H and O–H groups in total. The van der Waals surface area contributed by atoms with Gasteiger partial charge in [0, 0.05) is 6.54 Å². The van der Waals surface area contributed by atoms with Crippen molar-refractivity contribution >= 4 is 45.2 Å². The van der Waals surface area contributed by atoms with E-state index in [4.69, 9.17) is 16.7 Å². The van der Waals surface area contributed by atoms with E-state index in [1.807, 2.05) is 13.8 Å². The molecule has 116 valence electrons. The Kier molecular flexibility index (Phi) is 6.98. The van der Waals surface area contributed by atoms with E-state index in [-0.39, 0.29) is 12.5 Å². The summed E-state index contributed by atoms with van der Waals surface area (Å²) in [5.74, 6) is -1.26. The Morgan fingerprint density at radius 3 is 2.62 bits per heavy atom. The first-order valence-corrected chi connectivity index (χ1v) is 7.70. The van der Waals surface area contributed by atoms with Gasteiger partial charge in [-0.3, -0.25) is 4.79 Å². The number of urea groups is 1. The van der Waals surface area contributed by atoms with E-state index < -0.39 is 17.9 Å². The highest BCUT2D eigenvalue weighted by Crippen LogP contribution is 2.29. The Morgan fingerprint density at radius 1 is 1.38 bits per heavy atom. The van der Waals surface area contributed by atoms with E-state index in [0.29, 0.717) is 21.6 Å². The van der Waals surface area contributed by atoms with Crippen LogP contribution in [0.2, 0.25) is 5.02 Å². The lowest BCUT2D eigenvalue weighted by molar-refractivity contribution is -0.142. The molecule has 1 atom stereocenters. The van der Waals surface area contributed by atoms with Crippen LogP contribution in [0.15, 0.2) is 22.7 Å². The molecule has 1 unspecified atom stereocenters. The van der Waals surface area contributed by atoms with Crippen molar-refractivity contribution in [2.45, 2.75) is 20.3 Å². The zero-order valence-electron chi connectivity index (χ0n) is 11.8. The van der Waals surface area contributed by atoms with Crippen molar-refractivity contribution in [3.63, 3.8) is 0 Å². The number of carboxylic acid groups (broad SMARTS) is 1. The van der Waals surface area contributed by atoms with Crippen molar-refractivity contribution in [2.75, 3.05) is 11.9 Å². The monoisotopic (exact) mass is 376 g/mol. The number of amides is 2. The van der Waals surface area contributed by atoms with Gasteiger partial charge in [-0.25, -0.2) is 4.79 Å². The van der Waals surface area contributed by atoms with Crippen LogP contribution < -0.4 is 10.6 Å². The molecular formula is C14H18BrClN2O3. The standard InChI is InChI=1S/C14H18BrClN2O3/c1-8(2)6-9(13(19)20)7-17-14(21)18-11-5-3-4-10(16)12(11)15/h3-5,8-9H,6-7H2,1-2H3,(H,19,20)(H2,17,18,21). The third-order valence-electron chi connectivity index (χ3n) is 2.81. The Bertz CT molecular complexity index is 523. The molecule has 0 saturated carbocycles. The normalized spacial score (nSPS) is 12.0. The minimum Gasteiger partial charge on any atom is -0.481 e. The van der Waals surface area contributed by atoms with Gasteiger partial charge in [0.15, 0.2) is 0 Å². The van der Waals surface area contributed by atoms with Gasteiger partial charge in [-0.05, 0) is 40.4 Å². The summed E-state index contributed by atoms with van der Waals surface area (Å²) in [7, 11) is 0. The van der Waals surface area contributed by atoms with E-state index in [2.05, 4.69) is 26.6 Å². The maximum atomic E-state index is 11.8. The fourth-order valence-corrected chi connectivity index (χ4v) is 2.36. The number of hydrogen-bond acceptors (Lipinski definition) is 2. The summed E-state index contributed by atoms with van der Waals surface area (Å²) in [4.78, 5) is 22.9. The molecule has 0 fully saturated rings. The highest BCUT2D eigenvalue weighted by molar-refractivity contribution is 9.10. The highest BCUT2D eigenvalue weighted by Gasteiger charge is 2.19. The number of benzene rings is 1. The first-order chi connectivity index (χ1) is 9.81. The maximum absolute atomic E-state index is 11.8. The van der Waals surface area contributed by atoms with Gasteiger partial charge in [-0.1, -0.05) is 31.5 Å². The van der Waals surface area contributed by atoms with Gasteiger partial charge in [0.1, 0.15) is 0 Å². The Morgan fingerprint density at radius 2 is 2.05 bits per heavy atom. The summed E-state index contributed by atoms with van der Waals surface area (Å²) in [5.41, 5.74) is 0.524. The van der Waals surface area contributed by atoms with Gasteiger partial charge in [-0.15, -0.1) is 0 Å². The first kappa shape index (κ1) is 17.8. The molecule has 0 aliphatic heterocycles. The molecule has 0 heterocycles. The second-order valence-corrected chi connectivity index (χ2v) is 6.30. The SMILES string of the molecule is CC(C)CC(CNC(=O)Nc1cccc(Cl)c1Br)C(=O)O. The topological polar surface area (TPSA) is 78.4 Å². The lowest BCUT2D eigenvalue weighted by Crippen LogP contribution is -2.36. The highest BCUT2D eigenvalue weighted by atomic mass is 79.9. The fraction of sp³-hybridized carbons (Fsp3) is 0.429.